The second-order valence-electron chi connectivity index (χ2n) is 7.47. The third kappa shape index (κ3) is 4.08. The van der Waals surface area contributed by atoms with Crippen molar-refractivity contribution in [2.45, 2.75) is 32.8 Å². The van der Waals surface area contributed by atoms with Crippen LogP contribution < -0.4 is 9.64 Å². The van der Waals surface area contributed by atoms with Crippen molar-refractivity contribution in [1.82, 2.24) is 34.7 Å². The van der Waals surface area contributed by atoms with Crippen molar-refractivity contribution in [3.05, 3.63) is 53.5 Å². The maximum absolute atomic E-state index is 6.05. The topological polar surface area (TPSA) is 107 Å². The first-order chi connectivity index (χ1) is 15.5. The van der Waals surface area contributed by atoms with E-state index in [-0.39, 0.29) is 12.0 Å². The van der Waals surface area contributed by atoms with Crippen molar-refractivity contribution in [1.29, 1.82) is 0 Å². The summed E-state index contributed by atoms with van der Waals surface area (Å²) in [5.41, 5.74) is 2.34. The van der Waals surface area contributed by atoms with Gasteiger partial charge < -0.3 is 9.26 Å². The summed E-state index contributed by atoms with van der Waals surface area (Å²) in [6.45, 7) is 6.65. The molecular formula is C20H19ClN8O2S. The van der Waals surface area contributed by atoms with Crippen molar-refractivity contribution in [3.63, 3.8) is 0 Å². The SMILES string of the molecule is CC(C)c1noc(N2C=CC([C@@H](C)Oc3nn4cc(-c5cnc(Cl)cn5)nc4s3)=CC2)n1. The Kier molecular flexibility index (Phi) is 5.35. The molecule has 10 nitrogen and oxygen atoms in total. The summed E-state index contributed by atoms with van der Waals surface area (Å²) in [7, 11) is 0. The van der Waals surface area contributed by atoms with Gasteiger partial charge in [0.05, 0.1) is 18.6 Å². The van der Waals surface area contributed by atoms with E-state index in [4.69, 9.17) is 20.9 Å². The highest BCUT2D eigenvalue weighted by molar-refractivity contribution is 7.18. The Hall–Kier alpha value is -3.31. The number of hydrogen-bond donors (Lipinski definition) is 0. The first-order valence-corrected chi connectivity index (χ1v) is 11.1. The Balaban J connectivity index is 1.24. The molecule has 1 aliphatic rings. The van der Waals surface area contributed by atoms with E-state index in [1.807, 2.05) is 37.9 Å². The molecule has 0 N–H and O–H groups in total. The van der Waals surface area contributed by atoms with Gasteiger partial charge in [0, 0.05) is 18.7 Å². The van der Waals surface area contributed by atoms with Crippen LogP contribution in [0.3, 0.4) is 0 Å². The average Bonchev–Trinajstić information content (AvgIpc) is 3.49. The van der Waals surface area contributed by atoms with Crippen molar-refractivity contribution in [3.8, 4) is 16.6 Å². The Labute approximate surface area is 192 Å². The normalized spacial score (nSPS) is 14.9. The molecule has 0 spiro atoms. The Morgan fingerprint density at radius 1 is 1.16 bits per heavy atom. The van der Waals surface area contributed by atoms with Crippen LogP contribution in [0.1, 0.15) is 32.5 Å². The highest BCUT2D eigenvalue weighted by atomic mass is 35.5. The molecule has 0 fully saturated rings. The van der Waals surface area contributed by atoms with Gasteiger partial charge in [-0.05, 0) is 29.9 Å². The van der Waals surface area contributed by atoms with Crippen LogP contribution in [0.4, 0.5) is 6.01 Å². The van der Waals surface area contributed by atoms with E-state index in [0.29, 0.717) is 45.1 Å². The second-order valence-corrected chi connectivity index (χ2v) is 8.77. The summed E-state index contributed by atoms with van der Waals surface area (Å²) < 4.78 is 13.1. The Morgan fingerprint density at radius 3 is 2.69 bits per heavy atom. The number of ether oxygens (including phenoxy) is 1. The van der Waals surface area contributed by atoms with Gasteiger partial charge in [-0.2, -0.15) is 4.98 Å². The summed E-state index contributed by atoms with van der Waals surface area (Å²) >= 11 is 7.15. The van der Waals surface area contributed by atoms with Gasteiger partial charge in [-0.3, -0.25) is 4.90 Å². The lowest BCUT2D eigenvalue weighted by atomic mass is 10.1. The molecule has 1 aliphatic heterocycles. The van der Waals surface area contributed by atoms with Gasteiger partial charge in [-0.1, -0.05) is 36.7 Å². The molecule has 4 aromatic rings. The van der Waals surface area contributed by atoms with Crippen LogP contribution in [0, 0.1) is 0 Å². The van der Waals surface area contributed by atoms with Crippen molar-refractivity contribution in [2.75, 3.05) is 11.4 Å². The van der Waals surface area contributed by atoms with E-state index in [9.17, 15) is 0 Å². The fraction of sp³-hybridized carbons (Fsp3) is 0.300. The molecular weight excluding hydrogens is 452 g/mol. The second kappa shape index (κ2) is 8.32. The predicted molar refractivity (Wildman–Crippen MR) is 120 cm³/mol. The molecule has 0 unspecified atom stereocenters. The van der Waals surface area contributed by atoms with Gasteiger partial charge in [-0.25, -0.2) is 19.5 Å². The molecule has 0 bridgehead atoms. The lowest BCUT2D eigenvalue weighted by molar-refractivity contribution is 0.256. The highest BCUT2D eigenvalue weighted by Crippen LogP contribution is 2.27. The highest BCUT2D eigenvalue weighted by Gasteiger charge is 2.20. The van der Waals surface area contributed by atoms with Crippen molar-refractivity contribution in [2.24, 2.45) is 0 Å². The van der Waals surface area contributed by atoms with E-state index in [0.717, 1.165) is 5.57 Å². The van der Waals surface area contributed by atoms with Crippen LogP contribution in [0.15, 0.2) is 47.0 Å². The zero-order valence-corrected chi connectivity index (χ0v) is 19.1. The first-order valence-electron chi connectivity index (χ1n) is 9.95. The summed E-state index contributed by atoms with van der Waals surface area (Å²) in [6.07, 6.45) is 10.6. The molecule has 5 rings (SSSR count). The summed E-state index contributed by atoms with van der Waals surface area (Å²) in [4.78, 5) is 19.8. The van der Waals surface area contributed by atoms with Crippen LogP contribution in [0.2, 0.25) is 5.15 Å². The third-order valence-electron chi connectivity index (χ3n) is 4.82. The maximum Gasteiger partial charge on any atom is 0.328 e. The monoisotopic (exact) mass is 470 g/mol. The number of anilines is 1. The number of nitrogens with zero attached hydrogens (tertiary/aromatic N) is 8. The Bertz CT molecular complexity index is 1280. The average molecular weight is 471 g/mol. The van der Waals surface area contributed by atoms with Gasteiger partial charge in [-0.15, -0.1) is 5.10 Å². The maximum atomic E-state index is 6.05. The number of hydrogen-bond acceptors (Lipinski definition) is 10. The standard InChI is InChI=1S/C20H19ClN8O2S/c1-11(2)17-25-18(31-27-17)28-6-4-13(5-7-28)12(3)30-20-26-29-10-15(24-19(29)32-20)14-8-23-16(21)9-22-14/h4-6,8-12H,7H2,1-3H3/t12-/m1/s1. The quantitative estimate of drug-likeness (QED) is 0.410. The van der Waals surface area contributed by atoms with Gasteiger partial charge in [0.1, 0.15) is 22.6 Å². The summed E-state index contributed by atoms with van der Waals surface area (Å²) in [6, 6.07) is 0.483. The minimum atomic E-state index is -0.181. The van der Waals surface area contributed by atoms with Gasteiger partial charge in [0.2, 0.25) is 4.96 Å². The zero-order chi connectivity index (χ0) is 22.2. The largest absolute Gasteiger partial charge is 0.461 e. The van der Waals surface area contributed by atoms with E-state index in [1.165, 1.54) is 17.5 Å². The fourth-order valence-corrected chi connectivity index (χ4v) is 3.95. The van der Waals surface area contributed by atoms with E-state index < -0.39 is 0 Å². The van der Waals surface area contributed by atoms with Gasteiger partial charge in [0.25, 0.3) is 5.19 Å². The van der Waals surface area contributed by atoms with E-state index in [1.54, 1.807) is 16.9 Å². The molecule has 164 valence electrons. The minimum absolute atomic E-state index is 0.181. The molecule has 0 aromatic carbocycles. The molecule has 0 radical (unpaired) electrons. The van der Waals surface area contributed by atoms with Crippen LogP contribution >= 0.6 is 22.9 Å². The van der Waals surface area contributed by atoms with E-state index >= 15 is 0 Å². The Morgan fingerprint density at radius 2 is 2.03 bits per heavy atom. The zero-order valence-electron chi connectivity index (χ0n) is 17.5. The molecule has 32 heavy (non-hydrogen) atoms. The molecule has 12 heteroatoms. The number of fused-ring (bicyclic) bond motifs is 1. The van der Waals surface area contributed by atoms with E-state index in [2.05, 4.69) is 36.3 Å². The molecule has 5 heterocycles. The minimum Gasteiger partial charge on any atom is -0.461 e. The number of aromatic nitrogens is 7. The van der Waals surface area contributed by atoms with Crippen LogP contribution in [0.5, 0.6) is 5.19 Å². The first kappa shape index (κ1) is 20.6. The molecule has 0 saturated heterocycles. The molecule has 0 saturated carbocycles. The number of halogens is 1. The summed E-state index contributed by atoms with van der Waals surface area (Å²) in [5.74, 6) is 0.912. The fourth-order valence-electron chi connectivity index (χ4n) is 3.05. The number of imidazole rings is 1. The molecule has 4 aromatic heterocycles. The lowest BCUT2D eigenvalue weighted by Gasteiger charge is -2.21. The molecule has 0 aliphatic carbocycles. The van der Waals surface area contributed by atoms with Crippen LogP contribution in [0.25, 0.3) is 16.3 Å². The smallest absolute Gasteiger partial charge is 0.328 e. The lowest BCUT2D eigenvalue weighted by Crippen LogP contribution is -2.23. The van der Waals surface area contributed by atoms with Gasteiger partial charge in [0.15, 0.2) is 5.82 Å². The predicted octanol–water partition coefficient (Wildman–Crippen LogP) is 4.14. The van der Waals surface area contributed by atoms with Crippen LogP contribution in [-0.2, 0) is 0 Å². The van der Waals surface area contributed by atoms with Gasteiger partial charge >= 0.3 is 6.01 Å². The third-order valence-corrected chi connectivity index (χ3v) is 5.83. The molecule has 1 atom stereocenters. The van der Waals surface area contributed by atoms with Crippen LogP contribution in [-0.4, -0.2) is 47.4 Å². The van der Waals surface area contributed by atoms with Crippen molar-refractivity contribution >= 4 is 33.9 Å². The number of rotatable bonds is 6. The molecule has 0 amide bonds. The van der Waals surface area contributed by atoms with Crippen molar-refractivity contribution < 1.29 is 9.26 Å². The summed E-state index contributed by atoms with van der Waals surface area (Å²) in [5, 5.41) is 9.35.